The molecule has 2 atom stereocenters. The van der Waals surface area contributed by atoms with Crippen LogP contribution in [-0.2, 0) is 25.7 Å². The van der Waals surface area contributed by atoms with Gasteiger partial charge in [-0.3, -0.25) is 29.2 Å². The predicted octanol–water partition coefficient (Wildman–Crippen LogP) is 1.23. The number of hydrogen-bond donors (Lipinski definition) is 5. The van der Waals surface area contributed by atoms with Crippen LogP contribution in [0.15, 0.2) is 47.3 Å². The Bertz CT molecular complexity index is 1740. The molecule has 15 nitrogen and oxygen atoms in total. The standard InChI is InChI=1S/C30H30FN5O10/c1-3-14-35(16-17-8-9-21-19(15-17)26(40)34-30(33-21)46-2)36(27(41)18-6-4-5-7-20(18)31)23(29(44)45)11-12-24(37)32-22(28(42)43)10-13-25(38)39/h1,4-9,15,22-23H,10-14,16H2,2H3,(H,32,37)(H,38,39)(H,42,43)(H,44,45)(H,33,34,40)/t22-,23+/m1/s1. The van der Waals surface area contributed by atoms with Crippen LogP contribution in [0.1, 0.15) is 41.6 Å². The van der Waals surface area contributed by atoms with E-state index in [9.17, 15) is 43.4 Å². The lowest BCUT2D eigenvalue weighted by Crippen LogP contribution is -2.55. The summed E-state index contributed by atoms with van der Waals surface area (Å²) in [5, 5.41) is 32.6. The summed E-state index contributed by atoms with van der Waals surface area (Å²) < 4.78 is 19.8. The number of benzene rings is 2. The fraction of sp³-hybridized carbons (Fsp3) is 0.300. The number of halogens is 1. The van der Waals surface area contributed by atoms with E-state index in [0.717, 1.165) is 17.1 Å². The van der Waals surface area contributed by atoms with Crippen molar-refractivity contribution in [3.8, 4) is 18.4 Å². The number of carboxylic acids is 3. The summed E-state index contributed by atoms with van der Waals surface area (Å²) in [5.41, 5.74) is -0.365. The van der Waals surface area contributed by atoms with Crippen molar-refractivity contribution in [1.82, 2.24) is 25.3 Å². The molecule has 5 N–H and O–H groups in total. The van der Waals surface area contributed by atoms with Gasteiger partial charge in [0.05, 0.1) is 30.1 Å². The first-order valence-electron chi connectivity index (χ1n) is 13.7. The van der Waals surface area contributed by atoms with Crippen LogP contribution < -0.4 is 15.6 Å². The van der Waals surface area contributed by atoms with Crippen LogP contribution in [0.25, 0.3) is 10.9 Å². The van der Waals surface area contributed by atoms with E-state index in [1.807, 2.05) is 0 Å². The van der Waals surface area contributed by atoms with Gasteiger partial charge in [-0.05, 0) is 42.7 Å². The van der Waals surface area contributed by atoms with E-state index in [2.05, 4.69) is 21.2 Å². The Hall–Kier alpha value is -5.82. The molecule has 0 unspecified atom stereocenters. The van der Waals surface area contributed by atoms with Gasteiger partial charge in [-0.2, -0.15) is 4.98 Å². The van der Waals surface area contributed by atoms with Crippen molar-refractivity contribution in [2.75, 3.05) is 13.7 Å². The second-order valence-corrected chi connectivity index (χ2v) is 9.87. The molecule has 0 aliphatic carbocycles. The summed E-state index contributed by atoms with van der Waals surface area (Å²) >= 11 is 0. The van der Waals surface area contributed by atoms with Gasteiger partial charge < -0.3 is 25.4 Å². The van der Waals surface area contributed by atoms with Crippen LogP contribution in [0.5, 0.6) is 6.01 Å². The summed E-state index contributed by atoms with van der Waals surface area (Å²) in [4.78, 5) is 80.7. The molecular weight excluding hydrogens is 609 g/mol. The minimum absolute atomic E-state index is 0.0224. The van der Waals surface area contributed by atoms with Gasteiger partial charge in [0.2, 0.25) is 5.91 Å². The molecule has 0 spiro atoms. The summed E-state index contributed by atoms with van der Waals surface area (Å²) in [5.74, 6) is -5.03. The number of terminal acetylenes is 1. The molecule has 0 radical (unpaired) electrons. The van der Waals surface area contributed by atoms with Crippen molar-refractivity contribution in [3.63, 3.8) is 0 Å². The highest BCUT2D eigenvalue weighted by molar-refractivity contribution is 5.96. The number of hydrazine groups is 1. The topological polar surface area (TPSA) is 220 Å². The zero-order valence-electron chi connectivity index (χ0n) is 24.4. The second kappa shape index (κ2) is 15.8. The Balaban J connectivity index is 1.99. The van der Waals surface area contributed by atoms with E-state index in [1.165, 1.54) is 31.4 Å². The number of aromatic nitrogens is 2. The molecule has 1 heterocycles. The van der Waals surface area contributed by atoms with Gasteiger partial charge >= 0.3 is 17.9 Å². The number of hydrogen-bond acceptors (Lipinski definition) is 9. The Labute approximate surface area is 260 Å². The second-order valence-electron chi connectivity index (χ2n) is 9.87. The van der Waals surface area contributed by atoms with E-state index in [1.54, 1.807) is 6.07 Å². The molecule has 242 valence electrons. The molecule has 0 saturated heterocycles. The zero-order valence-corrected chi connectivity index (χ0v) is 24.4. The van der Waals surface area contributed by atoms with Crippen LogP contribution in [0, 0.1) is 18.2 Å². The maximum atomic E-state index is 14.8. The number of carboxylic acid groups (broad SMARTS) is 3. The Kier molecular flexibility index (Phi) is 11.9. The van der Waals surface area contributed by atoms with E-state index >= 15 is 0 Å². The quantitative estimate of drug-likeness (QED) is 0.110. The number of H-pyrrole nitrogens is 1. The minimum Gasteiger partial charge on any atom is -0.481 e. The van der Waals surface area contributed by atoms with Gasteiger partial charge in [-0.25, -0.2) is 19.0 Å². The number of aliphatic carboxylic acids is 3. The zero-order chi connectivity index (χ0) is 34.0. The van der Waals surface area contributed by atoms with Crippen LogP contribution in [-0.4, -0.2) is 90.8 Å². The average Bonchev–Trinajstić information content (AvgIpc) is 3.00. The van der Waals surface area contributed by atoms with Crippen molar-refractivity contribution in [2.45, 2.75) is 44.3 Å². The van der Waals surface area contributed by atoms with Crippen molar-refractivity contribution in [1.29, 1.82) is 0 Å². The number of methoxy groups -OCH3 is 1. The summed E-state index contributed by atoms with van der Waals surface area (Å²) in [6.07, 6.45) is 3.41. The van der Waals surface area contributed by atoms with Crippen LogP contribution >= 0.6 is 0 Å². The minimum atomic E-state index is -1.82. The van der Waals surface area contributed by atoms with Gasteiger partial charge in [-0.1, -0.05) is 24.1 Å². The van der Waals surface area contributed by atoms with Crippen molar-refractivity contribution >= 4 is 40.6 Å². The van der Waals surface area contributed by atoms with Gasteiger partial charge in [0.15, 0.2) is 0 Å². The fourth-order valence-electron chi connectivity index (χ4n) is 4.52. The highest BCUT2D eigenvalue weighted by Gasteiger charge is 2.36. The molecule has 3 aromatic rings. The third kappa shape index (κ3) is 8.86. The van der Waals surface area contributed by atoms with Crippen molar-refractivity contribution in [3.05, 3.63) is 69.8 Å². The van der Waals surface area contributed by atoms with Gasteiger partial charge in [0.25, 0.3) is 17.5 Å². The molecule has 2 aromatic carbocycles. The molecule has 3 rings (SSSR count). The Morgan fingerprint density at radius 2 is 1.78 bits per heavy atom. The third-order valence-electron chi connectivity index (χ3n) is 6.70. The monoisotopic (exact) mass is 639 g/mol. The molecule has 2 amide bonds. The highest BCUT2D eigenvalue weighted by atomic mass is 19.1. The van der Waals surface area contributed by atoms with Crippen molar-refractivity contribution in [2.24, 2.45) is 0 Å². The third-order valence-corrected chi connectivity index (χ3v) is 6.70. The van der Waals surface area contributed by atoms with E-state index in [0.29, 0.717) is 10.6 Å². The molecule has 0 fully saturated rings. The lowest BCUT2D eigenvalue weighted by molar-refractivity contribution is -0.150. The van der Waals surface area contributed by atoms with E-state index in [4.69, 9.17) is 16.3 Å². The van der Waals surface area contributed by atoms with Crippen LogP contribution in [0.4, 0.5) is 4.39 Å². The first-order valence-corrected chi connectivity index (χ1v) is 13.7. The number of nitrogens with zero attached hydrogens (tertiary/aromatic N) is 3. The number of fused-ring (bicyclic) bond motifs is 1. The number of rotatable bonds is 16. The number of carbonyl (C=O) groups excluding carboxylic acids is 2. The van der Waals surface area contributed by atoms with E-state index in [-0.39, 0.29) is 30.0 Å². The van der Waals surface area contributed by atoms with Gasteiger partial charge in [0.1, 0.15) is 17.9 Å². The van der Waals surface area contributed by atoms with Gasteiger partial charge in [-0.15, -0.1) is 6.42 Å². The summed E-state index contributed by atoms with van der Waals surface area (Å²) in [6.45, 7) is -0.625. The molecule has 0 aliphatic heterocycles. The molecule has 0 bridgehead atoms. The maximum Gasteiger partial charge on any atom is 0.328 e. The SMILES string of the molecule is C#CCN(Cc1ccc2nc(OC)[nH]c(=O)c2c1)N(C(=O)c1ccccc1F)[C@@H](CCC(=O)N[C@H](CCC(=O)O)C(=O)O)C(=O)O. The Morgan fingerprint density at radius 3 is 2.39 bits per heavy atom. The number of amides is 2. The lowest BCUT2D eigenvalue weighted by Gasteiger charge is -2.38. The van der Waals surface area contributed by atoms with Gasteiger partial charge in [0, 0.05) is 19.4 Å². The number of nitrogens with one attached hydrogen (secondary N) is 2. The molecule has 1 aromatic heterocycles. The number of carbonyl (C=O) groups is 5. The normalized spacial score (nSPS) is 12.1. The summed E-state index contributed by atoms with van der Waals surface area (Å²) in [6, 6.07) is 5.93. The van der Waals surface area contributed by atoms with Crippen molar-refractivity contribution < 1.29 is 48.4 Å². The first kappa shape index (κ1) is 34.7. The number of aromatic amines is 1. The molecule has 16 heteroatoms. The fourth-order valence-corrected chi connectivity index (χ4v) is 4.52. The maximum absolute atomic E-state index is 14.8. The smallest absolute Gasteiger partial charge is 0.328 e. The molecule has 0 saturated carbocycles. The van der Waals surface area contributed by atoms with E-state index < -0.39 is 84.4 Å². The predicted molar refractivity (Wildman–Crippen MR) is 158 cm³/mol. The van der Waals surface area contributed by atoms with Crippen LogP contribution in [0.3, 0.4) is 0 Å². The molecular formula is C30H30FN5O10. The lowest BCUT2D eigenvalue weighted by atomic mass is 10.1. The highest BCUT2D eigenvalue weighted by Crippen LogP contribution is 2.22. The molecule has 0 aliphatic rings. The summed E-state index contributed by atoms with van der Waals surface area (Å²) in [7, 11) is 1.32. The first-order chi connectivity index (χ1) is 21.9. The van der Waals surface area contributed by atoms with Crippen LogP contribution in [0.2, 0.25) is 0 Å². The molecule has 46 heavy (non-hydrogen) atoms. The average molecular weight is 640 g/mol. The largest absolute Gasteiger partial charge is 0.481 e. The Morgan fingerprint density at radius 1 is 1.07 bits per heavy atom. The number of ether oxygens (including phenoxy) is 1.